The van der Waals surface area contributed by atoms with E-state index < -0.39 is 4.92 Å². The number of aliphatic hydroxyl groups is 1. The van der Waals surface area contributed by atoms with Crippen LogP contribution in [0.1, 0.15) is 19.3 Å². The van der Waals surface area contributed by atoms with Crippen molar-refractivity contribution < 1.29 is 10.0 Å². The Morgan fingerprint density at radius 3 is 2.89 bits per heavy atom. The third kappa shape index (κ3) is 3.33. The number of anilines is 1. The maximum Gasteiger partial charge on any atom is 0.311 e. The van der Waals surface area contributed by atoms with E-state index in [4.69, 9.17) is 11.6 Å². The number of aromatic nitrogens is 1. The maximum absolute atomic E-state index is 10.9. The molecule has 1 aliphatic carbocycles. The molecule has 2 rings (SSSR count). The fourth-order valence-electron chi connectivity index (χ4n) is 2.56. The van der Waals surface area contributed by atoms with Crippen molar-refractivity contribution in [1.82, 2.24) is 4.98 Å². The minimum Gasteiger partial charge on any atom is -0.396 e. The van der Waals surface area contributed by atoms with Crippen molar-refractivity contribution in [2.75, 3.05) is 18.5 Å². The number of nitro groups is 1. The van der Waals surface area contributed by atoms with Gasteiger partial charge in [-0.3, -0.25) is 10.1 Å². The summed E-state index contributed by atoms with van der Waals surface area (Å²) in [5.74, 6) is 0.789. The molecule has 2 N–H and O–H groups in total. The van der Waals surface area contributed by atoms with Crippen molar-refractivity contribution in [2.45, 2.75) is 19.3 Å². The number of nitrogens with one attached hydrogen (secondary N) is 1. The average Bonchev–Trinajstić information content (AvgIpc) is 2.83. The third-order valence-electron chi connectivity index (χ3n) is 3.62. The fourth-order valence-corrected chi connectivity index (χ4v) is 2.70. The van der Waals surface area contributed by atoms with Crippen molar-refractivity contribution in [3.8, 4) is 0 Å². The molecule has 2 atom stereocenters. The van der Waals surface area contributed by atoms with Gasteiger partial charge in [-0.1, -0.05) is 18.0 Å². The minimum atomic E-state index is -0.482. The molecular weight excluding hydrogens is 270 g/mol. The van der Waals surface area contributed by atoms with Crippen LogP contribution in [0.5, 0.6) is 0 Å². The Morgan fingerprint density at radius 1 is 1.47 bits per heavy atom. The molecule has 0 saturated heterocycles. The van der Waals surface area contributed by atoms with Crippen LogP contribution in [0.25, 0.3) is 0 Å². The molecule has 1 aromatic rings. The summed E-state index contributed by atoms with van der Waals surface area (Å²) in [6.07, 6.45) is 3.11. The van der Waals surface area contributed by atoms with Crippen LogP contribution in [-0.2, 0) is 0 Å². The Bertz CT molecular complexity index is 470. The lowest BCUT2D eigenvalue weighted by Gasteiger charge is -2.18. The van der Waals surface area contributed by atoms with E-state index in [1.54, 1.807) is 0 Å². The van der Waals surface area contributed by atoms with Gasteiger partial charge < -0.3 is 10.4 Å². The second kappa shape index (κ2) is 6.16. The Balaban J connectivity index is 2.06. The molecule has 7 heteroatoms. The van der Waals surface area contributed by atoms with Crippen molar-refractivity contribution >= 4 is 23.1 Å². The summed E-state index contributed by atoms with van der Waals surface area (Å²) in [4.78, 5) is 14.4. The topological polar surface area (TPSA) is 88.3 Å². The number of nitrogens with zero attached hydrogens (tertiary/aromatic N) is 2. The standard InChI is InChI=1S/C12H16ClN3O3/c13-11-5-4-10(16(18)19)12(15-11)14-6-8-2-1-3-9(8)7-17/h4-5,8-9,17H,1-3,6-7H2,(H,14,15). The van der Waals surface area contributed by atoms with Crippen LogP contribution in [0.3, 0.4) is 0 Å². The van der Waals surface area contributed by atoms with E-state index in [2.05, 4.69) is 10.3 Å². The Kier molecular flexibility index (Phi) is 4.55. The van der Waals surface area contributed by atoms with Gasteiger partial charge in [0.15, 0.2) is 0 Å². The largest absolute Gasteiger partial charge is 0.396 e. The highest BCUT2D eigenvalue weighted by Crippen LogP contribution is 2.32. The molecule has 19 heavy (non-hydrogen) atoms. The van der Waals surface area contributed by atoms with Gasteiger partial charge in [-0.25, -0.2) is 4.98 Å². The number of halogens is 1. The molecule has 0 aromatic carbocycles. The monoisotopic (exact) mass is 285 g/mol. The van der Waals surface area contributed by atoms with Gasteiger partial charge in [-0.2, -0.15) is 0 Å². The van der Waals surface area contributed by atoms with Gasteiger partial charge in [0, 0.05) is 19.2 Å². The van der Waals surface area contributed by atoms with E-state index in [9.17, 15) is 15.2 Å². The molecule has 1 fully saturated rings. The van der Waals surface area contributed by atoms with E-state index in [0.29, 0.717) is 12.5 Å². The second-order valence-corrected chi connectivity index (χ2v) is 5.16. The normalized spacial score (nSPS) is 22.4. The predicted molar refractivity (Wildman–Crippen MR) is 72.3 cm³/mol. The summed E-state index contributed by atoms with van der Waals surface area (Å²) in [6, 6.07) is 2.74. The SMILES string of the molecule is O=[N+]([O-])c1ccc(Cl)nc1NCC1CCCC1CO. The average molecular weight is 286 g/mol. The first-order chi connectivity index (χ1) is 9.11. The van der Waals surface area contributed by atoms with Gasteiger partial charge in [-0.15, -0.1) is 0 Å². The van der Waals surface area contributed by atoms with Crippen LogP contribution in [-0.4, -0.2) is 28.2 Å². The van der Waals surface area contributed by atoms with Crippen molar-refractivity contribution in [3.63, 3.8) is 0 Å². The molecule has 2 unspecified atom stereocenters. The van der Waals surface area contributed by atoms with E-state index >= 15 is 0 Å². The minimum absolute atomic E-state index is 0.0806. The maximum atomic E-state index is 10.9. The summed E-state index contributed by atoms with van der Waals surface area (Å²) in [7, 11) is 0. The molecule has 6 nitrogen and oxygen atoms in total. The summed E-state index contributed by atoms with van der Waals surface area (Å²) in [6.45, 7) is 0.733. The van der Waals surface area contributed by atoms with Crippen LogP contribution in [0, 0.1) is 22.0 Å². The van der Waals surface area contributed by atoms with Crippen LogP contribution < -0.4 is 5.32 Å². The van der Waals surface area contributed by atoms with Crippen LogP contribution in [0.2, 0.25) is 5.15 Å². The van der Waals surface area contributed by atoms with Crippen molar-refractivity contribution in [3.05, 3.63) is 27.4 Å². The number of hydrogen-bond acceptors (Lipinski definition) is 5. The van der Waals surface area contributed by atoms with Gasteiger partial charge in [0.05, 0.1) is 4.92 Å². The summed E-state index contributed by atoms with van der Waals surface area (Å²) >= 11 is 5.76. The van der Waals surface area contributed by atoms with Crippen LogP contribution in [0.15, 0.2) is 12.1 Å². The molecule has 1 aliphatic rings. The van der Waals surface area contributed by atoms with Crippen molar-refractivity contribution in [2.24, 2.45) is 11.8 Å². The first-order valence-electron chi connectivity index (χ1n) is 6.27. The molecule has 0 radical (unpaired) electrons. The zero-order chi connectivity index (χ0) is 13.8. The van der Waals surface area contributed by atoms with E-state index in [0.717, 1.165) is 19.3 Å². The Morgan fingerprint density at radius 2 is 2.21 bits per heavy atom. The zero-order valence-electron chi connectivity index (χ0n) is 10.4. The molecule has 0 aliphatic heterocycles. The number of hydrogen-bond donors (Lipinski definition) is 2. The summed E-state index contributed by atoms with van der Waals surface area (Å²) in [5, 5.41) is 23.4. The van der Waals surface area contributed by atoms with Crippen molar-refractivity contribution in [1.29, 1.82) is 0 Å². The molecule has 0 spiro atoms. The first kappa shape index (κ1) is 14.0. The van der Waals surface area contributed by atoms with Crippen LogP contribution >= 0.6 is 11.6 Å². The lowest BCUT2D eigenvalue weighted by atomic mass is 9.97. The lowest BCUT2D eigenvalue weighted by molar-refractivity contribution is -0.384. The molecule has 1 aromatic heterocycles. The zero-order valence-corrected chi connectivity index (χ0v) is 11.1. The van der Waals surface area contributed by atoms with E-state index in [1.807, 2.05) is 0 Å². The number of pyridine rings is 1. The first-order valence-corrected chi connectivity index (χ1v) is 6.65. The highest BCUT2D eigenvalue weighted by molar-refractivity contribution is 6.29. The molecule has 104 valence electrons. The predicted octanol–water partition coefficient (Wildman–Crippen LogP) is 2.46. The second-order valence-electron chi connectivity index (χ2n) is 4.77. The highest BCUT2D eigenvalue weighted by Gasteiger charge is 2.27. The molecule has 0 amide bonds. The summed E-state index contributed by atoms with van der Waals surface area (Å²) < 4.78 is 0. The van der Waals surface area contributed by atoms with Gasteiger partial charge in [0.25, 0.3) is 0 Å². The van der Waals surface area contributed by atoms with E-state index in [-0.39, 0.29) is 29.2 Å². The van der Waals surface area contributed by atoms with Gasteiger partial charge in [0.1, 0.15) is 5.15 Å². The van der Waals surface area contributed by atoms with Gasteiger partial charge in [-0.05, 0) is 30.7 Å². The van der Waals surface area contributed by atoms with Gasteiger partial charge in [0.2, 0.25) is 5.82 Å². The Labute approximate surface area is 116 Å². The highest BCUT2D eigenvalue weighted by atomic mass is 35.5. The van der Waals surface area contributed by atoms with E-state index in [1.165, 1.54) is 12.1 Å². The molecule has 1 saturated carbocycles. The van der Waals surface area contributed by atoms with Crippen LogP contribution in [0.4, 0.5) is 11.5 Å². The molecule has 1 heterocycles. The summed E-state index contributed by atoms with van der Waals surface area (Å²) in [5.41, 5.74) is -0.0806. The quantitative estimate of drug-likeness (QED) is 0.493. The third-order valence-corrected chi connectivity index (χ3v) is 3.83. The fraction of sp³-hybridized carbons (Fsp3) is 0.583. The Hall–Kier alpha value is -1.40. The lowest BCUT2D eigenvalue weighted by Crippen LogP contribution is -2.21. The van der Waals surface area contributed by atoms with Gasteiger partial charge >= 0.3 is 5.69 Å². The number of aliphatic hydroxyl groups excluding tert-OH is 1. The molecular formula is C12H16ClN3O3. The smallest absolute Gasteiger partial charge is 0.311 e. The number of rotatable bonds is 5. The molecule has 0 bridgehead atoms.